The minimum Gasteiger partial charge on any atom is -0.444 e. The Morgan fingerprint density at radius 3 is 2.29 bits per heavy atom. The van der Waals surface area contributed by atoms with E-state index in [0.717, 1.165) is 12.8 Å². The molecular weight excluding hydrogens is 420 g/mol. The van der Waals surface area contributed by atoms with Gasteiger partial charge in [-0.15, -0.1) is 0 Å². The summed E-state index contributed by atoms with van der Waals surface area (Å²) in [4.78, 5) is 15.1. The van der Waals surface area contributed by atoms with E-state index in [-0.39, 0.29) is 24.2 Å². The Hall–Kier alpha value is -3.11. The second kappa shape index (κ2) is 10.4. The zero-order valence-electron chi connectivity index (χ0n) is 20.7. The van der Waals surface area contributed by atoms with E-state index in [0.29, 0.717) is 6.54 Å². The summed E-state index contributed by atoms with van der Waals surface area (Å²) < 4.78 is 5.78. The molecule has 1 amide bonds. The van der Waals surface area contributed by atoms with E-state index in [4.69, 9.17) is 4.74 Å². The fourth-order valence-corrected chi connectivity index (χ4v) is 4.76. The third-order valence-corrected chi connectivity index (χ3v) is 6.42. The SMILES string of the molecule is CC(NC1CCN(C(=O)OC(C)(C)C)C1Cc1cccc(-c2ccccc2)c1)c1ccccc1. The highest BCUT2D eigenvalue weighted by atomic mass is 16.6. The summed E-state index contributed by atoms with van der Waals surface area (Å²) in [6.07, 6.45) is 1.45. The Bertz CT molecular complexity index is 1080. The van der Waals surface area contributed by atoms with Gasteiger partial charge in [-0.2, -0.15) is 0 Å². The Labute approximate surface area is 204 Å². The first-order valence-electron chi connectivity index (χ1n) is 12.2. The molecule has 3 unspecified atom stereocenters. The quantitative estimate of drug-likeness (QED) is 0.453. The van der Waals surface area contributed by atoms with Crippen LogP contribution < -0.4 is 5.32 Å². The van der Waals surface area contributed by atoms with Gasteiger partial charge in [0.15, 0.2) is 0 Å². The van der Waals surface area contributed by atoms with Crippen LogP contribution in [-0.2, 0) is 11.2 Å². The fraction of sp³-hybridized carbons (Fsp3) is 0.367. The summed E-state index contributed by atoms with van der Waals surface area (Å²) in [5.41, 5.74) is 4.36. The van der Waals surface area contributed by atoms with Crippen LogP contribution in [0.4, 0.5) is 4.79 Å². The number of ether oxygens (including phenoxy) is 1. The van der Waals surface area contributed by atoms with Gasteiger partial charge in [-0.1, -0.05) is 84.9 Å². The van der Waals surface area contributed by atoms with Crippen LogP contribution >= 0.6 is 0 Å². The number of amides is 1. The molecule has 1 aliphatic heterocycles. The molecule has 4 nitrogen and oxygen atoms in total. The standard InChI is InChI=1S/C30H36N2O2/c1-22(24-13-7-5-8-14-24)31-27-18-19-32(29(33)34-30(2,3)4)28(27)21-23-12-11-17-26(20-23)25-15-9-6-10-16-25/h5-17,20,22,27-28,31H,18-19,21H2,1-4H3. The van der Waals surface area contributed by atoms with Gasteiger partial charge in [-0.05, 0) is 62.8 Å². The van der Waals surface area contributed by atoms with Crippen LogP contribution in [0.3, 0.4) is 0 Å². The van der Waals surface area contributed by atoms with Gasteiger partial charge in [0.1, 0.15) is 5.60 Å². The van der Waals surface area contributed by atoms with Gasteiger partial charge in [0, 0.05) is 18.6 Å². The number of carbonyl (C=O) groups excluding carboxylic acids is 1. The summed E-state index contributed by atoms with van der Waals surface area (Å²) in [6, 6.07) is 30.0. The van der Waals surface area contributed by atoms with Gasteiger partial charge in [-0.3, -0.25) is 0 Å². The van der Waals surface area contributed by atoms with E-state index in [9.17, 15) is 4.79 Å². The highest BCUT2D eigenvalue weighted by Gasteiger charge is 2.39. The predicted molar refractivity (Wildman–Crippen MR) is 139 cm³/mol. The monoisotopic (exact) mass is 456 g/mol. The minimum absolute atomic E-state index is 0.0204. The molecule has 3 aromatic rings. The van der Waals surface area contributed by atoms with Crippen LogP contribution in [0.5, 0.6) is 0 Å². The van der Waals surface area contributed by atoms with Crippen molar-refractivity contribution >= 4 is 6.09 Å². The lowest BCUT2D eigenvalue weighted by Gasteiger charge is -2.32. The van der Waals surface area contributed by atoms with Crippen molar-refractivity contribution in [3.8, 4) is 11.1 Å². The summed E-state index contributed by atoms with van der Waals surface area (Å²) >= 11 is 0. The molecule has 34 heavy (non-hydrogen) atoms. The van der Waals surface area contributed by atoms with E-state index < -0.39 is 5.60 Å². The van der Waals surface area contributed by atoms with Crippen molar-refractivity contribution in [2.75, 3.05) is 6.54 Å². The van der Waals surface area contributed by atoms with Gasteiger partial charge < -0.3 is 15.0 Å². The molecule has 1 N–H and O–H groups in total. The molecule has 1 saturated heterocycles. The second-order valence-electron chi connectivity index (χ2n) is 10.2. The average molecular weight is 457 g/mol. The van der Waals surface area contributed by atoms with Crippen LogP contribution in [-0.4, -0.2) is 35.2 Å². The summed E-state index contributed by atoms with van der Waals surface area (Å²) in [6.45, 7) is 8.65. The van der Waals surface area contributed by atoms with Gasteiger partial charge in [0.05, 0.1) is 6.04 Å². The van der Waals surface area contributed by atoms with Crippen LogP contribution in [0.25, 0.3) is 11.1 Å². The molecule has 0 aromatic heterocycles. The van der Waals surface area contributed by atoms with Crippen molar-refractivity contribution in [3.05, 3.63) is 96.1 Å². The van der Waals surface area contributed by atoms with Gasteiger partial charge >= 0.3 is 6.09 Å². The summed E-state index contributed by atoms with van der Waals surface area (Å²) in [5, 5.41) is 3.81. The number of carbonyl (C=O) groups is 1. The molecule has 178 valence electrons. The normalized spacial score (nSPS) is 19.1. The van der Waals surface area contributed by atoms with Crippen LogP contribution in [0, 0.1) is 0 Å². The first-order chi connectivity index (χ1) is 16.3. The van der Waals surface area contributed by atoms with E-state index in [1.807, 2.05) is 37.8 Å². The van der Waals surface area contributed by atoms with E-state index >= 15 is 0 Å². The molecule has 1 fully saturated rings. The molecule has 0 bridgehead atoms. The second-order valence-corrected chi connectivity index (χ2v) is 10.2. The maximum absolute atomic E-state index is 13.1. The van der Waals surface area contributed by atoms with Crippen LogP contribution in [0.2, 0.25) is 0 Å². The Morgan fingerprint density at radius 1 is 0.971 bits per heavy atom. The lowest BCUT2D eigenvalue weighted by molar-refractivity contribution is 0.0214. The maximum Gasteiger partial charge on any atom is 0.410 e. The highest BCUT2D eigenvalue weighted by molar-refractivity contribution is 5.69. The van der Waals surface area contributed by atoms with Gasteiger partial charge in [0.2, 0.25) is 0 Å². The number of rotatable bonds is 6. The number of benzene rings is 3. The Balaban J connectivity index is 1.57. The fourth-order valence-electron chi connectivity index (χ4n) is 4.76. The van der Waals surface area contributed by atoms with Crippen LogP contribution in [0.15, 0.2) is 84.9 Å². The summed E-state index contributed by atoms with van der Waals surface area (Å²) in [7, 11) is 0. The van der Waals surface area contributed by atoms with Crippen molar-refractivity contribution in [1.29, 1.82) is 0 Å². The first kappa shape index (κ1) is 24.0. The largest absolute Gasteiger partial charge is 0.444 e. The minimum atomic E-state index is -0.516. The van der Waals surface area contributed by atoms with Crippen molar-refractivity contribution < 1.29 is 9.53 Å². The van der Waals surface area contributed by atoms with Gasteiger partial charge in [-0.25, -0.2) is 4.79 Å². The zero-order chi connectivity index (χ0) is 24.1. The molecule has 0 radical (unpaired) electrons. The Kier molecular flexibility index (Phi) is 7.38. The molecule has 4 heteroatoms. The third-order valence-electron chi connectivity index (χ3n) is 6.42. The lowest BCUT2D eigenvalue weighted by Crippen LogP contribution is -2.48. The number of nitrogens with zero attached hydrogens (tertiary/aromatic N) is 1. The molecule has 1 aliphatic rings. The number of hydrogen-bond donors (Lipinski definition) is 1. The molecule has 1 heterocycles. The molecular formula is C30H36N2O2. The van der Waals surface area contributed by atoms with E-state index in [1.165, 1.54) is 22.3 Å². The van der Waals surface area contributed by atoms with Crippen LogP contribution in [0.1, 0.15) is 51.3 Å². The lowest BCUT2D eigenvalue weighted by atomic mass is 9.96. The topological polar surface area (TPSA) is 41.6 Å². The molecule has 0 saturated carbocycles. The number of hydrogen-bond acceptors (Lipinski definition) is 3. The summed E-state index contributed by atoms with van der Waals surface area (Å²) in [5.74, 6) is 0. The first-order valence-corrected chi connectivity index (χ1v) is 12.2. The highest BCUT2D eigenvalue weighted by Crippen LogP contribution is 2.28. The van der Waals surface area contributed by atoms with Crippen molar-refractivity contribution in [2.45, 2.75) is 64.3 Å². The smallest absolute Gasteiger partial charge is 0.410 e. The third kappa shape index (κ3) is 6.06. The predicted octanol–water partition coefficient (Wildman–Crippen LogP) is 6.62. The molecule has 3 aromatic carbocycles. The number of likely N-dealkylation sites (tertiary alicyclic amines) is 1. The Morgan fingerprint density at radius 2 is 1.62 bits per heavy atom. The van der Waals surface area contributed by atoms with Crippen molar-refractivity contribution in [3.63, 3.8) is 0 Å². The van der Waals surface area contributed by atoms with E-state index in [1.54, 1.807) is 0 Å². The number of nitrogens with one attached hydrogen (secondary N) is 1. The van der Waals surface area contributed by atoms with E-state index in [2.05, 4.69) is 85.0 Å². The average Bonchev–Trinajstić information content (AvgIpc) is 3.21. The van der Waals surface area contributed by atoms with Gasteiger partial charge in [0.25, 0.3) is 0 Å². The molecule has 4 rings (SSSR count). The van der Waals surface area contributed by atoms with Crippen molar-refractivity contribution in [2.24, 2.45) is 0 Å². The van der Waals surface area contributed by atoms with Crippen molar-refractivity contribution in [1.82, 2.24) is 10.2 Å². The molecule has 0 spiro atoms. The zero-order valence-corrected chi connectivity index (χ0v) is 20.7. The maximum atomic E-state index is 13.1. The molecule has 0 aliphatic carbocycles. The molecule has 3 atom stereocenters.